The Bertz CT molecular complexity index is 551. The van der Waals surface area contributed by atoms with E-state index >= 15 is 0 Å². The maximum absolute atomic E-state index is 5.63. The fraction of sp³-hybridized carbons (Fsp3) is 0.727. The third kappa shape index (κ3) is 6.31. The zero-order valence-corrected chi connectivity index (χ0v) is 20.4. The number of ether oxygens (including phenoxy) is 2. The predicted octanol–water partition coefficient (Wildman–Crippen LogP) is 6.60. The van der Waals surface area contributed by atoms with Crippen molar-refractivity contribution in [2.45, 2.75) is 71.5 Å². The molecular weight excluding hydrogens is 550 g/mol. The zero-order valence-electron chi connectivity index (χ0n) is 16.1. The van der Waals surface area contributed by atoms with Gasteiger partial charge in [0.2, 0.25) is 0 Å². The van der Waals surface area contributed by atoms with E-state index in [-0.39, 0.29) is 6.29 Å². The minimum atomic E-state index is -0.0295. The maximum Gasteiger partial charge on any atom is 0.154 e. The van der Waals surface area contributed by atoms with Crippen molar-refractivity contribution in [1.29, 1.82) is 0 Å². The smallest absolute Gasteiger partial charge is 0.154 e. The predicted molar refractivity (Wildman–Crippen MR) is 124 cm³/mol. The van der Waals surface area contributed by atoms with Gasteiger partial charge in [-0.2, -0.15) is 0 Å². The summed E-state index contributed by atoms with van der Waals surface area (Å²) in [7, 11) is 0. The van der Waals surface area contributed by atoms with E-state index in [1.54, 1.807) is 0 Å². The lowest BCUT2D eigenvalue weighted by atomic mass is 9.80. The van der Waals surface area contributed by atoms with Crippen molar-refractivity contribution in [1.82, 2.24) is 0 Å². The first-order chi connectivity index (χ1) is 12.5. The molecule has 146 valence electrons. The van der Waals surface area contributed by atoms with Crippen molar-refractivity contribution in [3.8, 4) is 0 Å². The van der Waals surface area contributed by atoms with Crippen molar-refractivity contribution in [2.75, 3.05) is 13.2 Å². The lowest BCUT2D eigenvalue weighted by Crippen LogP contribution is -2.30. The summed E-state index contributed by atoms with van der Waals surface area (Å²) in [6, 6.07) is 4.86. The molecule has 4 heteroatoms. The van der Waals surface area contributed by atoms with Gasteiger partial charge >= 0.3 is 0 Å². The Morgan fingerprint density at radius 2 is 1.42 bits per heavy atom. The molecule has 1 saturated heterocycles. The molecule has 0 spiro atoms. The summed E-state index contributed by atoms with van der Waals surface area (Å²) in [4.78, 5) is 0. The average Bonchev–Trinajstić information content (AvgIpc) is 2.62. The summed E-state index contributed by atoms with van der Waals surface area (Å²) in [6.45, 7) is 6.07. The van der Waals surface area contributed by atoms with E-state index in [4.69, 9.17) is 9.47 Å². The molecule has 1 aromatic rings. The first-order valence-corrected chi connectivity index (χ1v) is 12.4. The fourth-order valence-electron chi connectivity index (χ4n) is 4.18. The van der Waals surface area contributed by atoms with Crippen LogP contribution in [0.1, 0.15) is 63.5 Å². The molecule has 0 bridgehead atoms. The van der Waals surface area contributed by atoms with E-state index in [0.717, 1.165) is 37.9 Å². The molecule has 0 amide bonds. The van der Waals surface area contributed by atoms with Gasteiger partial charge in [0.1, 0.15) is 0 Å². The Morgan fingerprint density at radius 3 is 2.04 bits per heavy atom. The van der Waals surface area contributed by atoms with Crippen LogP contribution in [-0.4, -0.2) is 19.5 Å². The van der Waals surface area contributed by atoms with E-state index in [1.807, 2.05) is 6.92 Å². The van der Waals surface area contributed by atoms with Gasteiger partial charge in [0.05, 0.1) is 13.2 Å². The maximum atomic E-state index is 5.63. The molecule has 1 heterocycles. The van der Waals surface area contributed by atoms with Crippen LogP contribution >= 0.6 is 45.2 Å². The molecule has 1 aliphatic heterocycles. The Hall–Kier alpha value is 0.600. The number of halogens is 2. The summed E-state index contributed by atoms with van der Waals surface area (Å²) in [6.07, 6.45) is 10.6. The molecule has 0 radical (unpaired) electrons. The Balaban J connectivity index is 1.51. The highest BCUT2D eigenvalue weighted by atomic mass is 127. The highest BCUT2D eigenvalue weighted by molar-refractivity contribution is 14.1. The van der Waals surface area contributed by atoms with E-state index in [2.05, 4.69) is 64.2 Å². The molecule has 1 saturated carbocycles. The molecule has 1 aliphatic carbocycles. The SMILES string of the molecule is CC1CCC(CCc2cc(I)c(CCC3COC(C)OC3)c(I)c2)CC1. The topological polar surface area (TPSA) is 18.5 Å². The average molecular weight is 582 g/mol. The van der Waals surface area contributed by atoms with Crippen molar-refractivity contribution < 1.29 is 9.47 Å². The fourth-order valence-corrected chi connectivity index (χ4v) is 6.62. The quantitative estimate of drug-likeness (QED) is 0.353. The standard InChI is InChI=1S/C22H32I2O2/c1-15-3-5-17(6-4-15)7-8-18-11-21(23)20(22(24)12-18)10-9-19-13-25-16(2)26-14-19/h11-12,15-17,19H,3-10,13-14H2,1-2H3. The molecule has 2 aliphatic rings. The van der Waals surface area contributed by atoms with Crippen LogP contribution in [0.3, 0.4) is 0 Å². The van der Waals surface area contributed by atoms with E-state index in [0.29, 0.717) is 5.92 Å². The summed E-state index contributed by atoms with van der Waals surface area (Å²) in [5, 5.41) is 0. The third-order valence-corrected chi connectivity index (χ3v) is 8.04. The number of hydrogen-bond acceptors (Lipinski definition) is 2. The Labute approximate surface area is 186 Å². The second-order valence-corrected chi connectivity index (χ2v) is 10.7. The largest absolute Gasteiger partial charge is 0.353 e. The van der Waals surface area contributed by atoms with Gasteiger partial charge in [-0.3, -0.25) is 0 Å². The molecule has 0 atom stereocenters. The van der Waals surface area contributed by atoms with Gasteiger partial charge in [0.25, 0.3) is 0 Å². The van der Waals surface area contributed by atoms with E-state index in [1.165, 1.54) is 56.8 Å². The van der Waals surface area contributed by atoms with Crippen LogP contribution in [0.15, 0.2) is 12.1 Å². The molecule has 2 nitrogen and oxygen atoms in total. The van der Waals surface area contributed by atoms with Crippen LogP contribution in [0, 0.1) is 24.9 Å². The lowest BCUT2D eigenvalue weighted by Gasteiger charge is -2.27. The Kier molecular flexibility index (Phi) is 8.52. The van der Waals surface area contributed by atoms with Crippen LogP contribution in [-0.2, 0) is 22.3 Å². The minimum absolute atomic E-state index is 0.0295. The monoisotopic (exact) mass is 582 g/mol. The van der Waals surface area contributed by atoms with Gasteiger partial charge in [-0.15, -0.1) is 0 Å². The molecule has 1 aromatic carbocycles. The van der Waals surface area contributed by atoms with Crippen molar-refractivity contribution in [3.63, 3.8) is 0 Å². The summed E-state index contributed by atoms with van der Waals surface area (Å²) in [5.41, 5.74) is 3.04. The minimum Gasteiger partial charge on any atom is -0.353 e. The van der Waals surface area contributed by atoms with Crippen LogP contribution in [0.5, 0.6) is 0 Å². The number of benzene rings is 1. The first kappa shape index (κ1) is 21.3. The van der Waals surface area contributed by atoms with Gasteiger partial charge in [0, 0.05) is 13.1 Å². The summed E-state index contributed by atoms with van der Waals surface area (Å²) in [5.74, 6) is 2.44. The molecule has 0 N–H and O–H groups in total. The van der Waals surface area contributed by atoms with E-state index in [9.17, 15) is 0 Å². The van der Waals surface area contributed by atoms with Crippen molar-refractivity contribution >= 4 is 45.2 Å². The third-order valence-electron chi connectivity index (χ3n) is 6.11. The van der Waals surface area contributed by atoms with Gasteiger partial charge in [0.15, 0.2) is 6.29 Å². The second-order valence-electron chi connectivity index (χ2n) is 8.34. The van der Waals surface area contributed by atoms with Gasteiger partial charge in [-0.05, 0) is 113 Å². The molecule has 26 heavy (non-hydrogen) atoms. The number of hydrogen-bond donors (Lipinski definition) is 0. The van der Waals surface area contributed by atoms with Crippen LogP contribution < -0.4 is 0 Å². The van der Waals surface area contributed by atoms with Crippen molar-refractivity contribution in [3.05, 3.63) is 30.4 Å². The van der Waals surface area contributed by atoms with Crippen LogP contribution in [0.25, 0.3) is 0 Å². The zero-order chi connectivity index (χ0) is 18.5. The number of aryl methyl sites for hydroxylation is 1. The highest BCUT2D eigenvalue weighted by Gasteiger charge is 2.21. The van der Waals surface area contributed by atoms with Crippen LogP contribution in [0.4, 0.5) is 0 Å². The first-order valence-electron chi connectivity index (χ1n) is 10.2. The Morgan fingerprint density at radius 1 is 0.846 bits per heavy atom. The van der Waals surface area contributed by atoms with Gasteiger partial charge in [-0.25, -0.2) is 0 Å². The molecular formula is C22H32I2O2. The lowest BCUT2D eigenvalue weighted by molar-refractivity contribution is -0.190. The highest BCUT2D eigenvalue weighted by Crippen LogP contribution is 2.32. The van der Waals surface area contributed by atoms with Gasteiger partial charge in [-0.1, -0.05) is 32.6 Å². The molecule has 2 fully saturated rings. The molecule has 0 aromatic heterocycles. The summed E-state index contributed by atoms with van der Waals surface area (Å²) >= 11 is 5.08. The number of rotatable bonds is 6. The molecule has 3 rings (SSSR count). The summed E-state index contributed by atoms with van der Waals surface area (Å²) < 4.78 is 14.1. The van der Waals surface area contributed by atoms with E-state index < -0.39 is 0 Å². The normalized spacial score (nSPS) is 29.7. The second kappa shape index (κ2) is 10.4. The molecule has 0 unspecified atom stereocenters. The van der Waals surface area contributed by atoms with Crippen LogP contribution in [0.2, 0.25) is 0 Å². The van der Waals surface area contributed by atoms with Crippen molar-refractivity contribution in [2.24, 2.45) is 17.8 Å². The van der Waals surface area contributed by atoms with Gasteiger partial charge < -0.3 is 9.47 Å².